The van der Waals surface area contributed by atoms with Gasteiger partial charge in [-0.05, 0) is 44.6 Å². The Labute approximate surface area is 174 Å². The third-order valence-corrected chi connectivity index (χ3v) is 6.85. The summed E-state index contributed by atoms with van der Waals surface area (Å²) in [6.07, 6.45) is 7.01. The molecule has 3 heterocycles. The van der Waals surface area contributed by atoms with Gasteiger partial charge in [0.05, 0.1) is 23.7 Å². The summed E-state index contributed by atoms with van der Waals surface area (Å²) in [5.41, 5.74) is 3.98. The van der Waals surface area contributed by atoms with Gasteiger partial charge in [0, 0.05) is 18.5 Å². The van der Waals surface area contributed by atoms with E-state index in [0.717, 1.165) is 31.0 Å². The molecule has 1 aromatic heterocycles. The van der Waals surface area contributed by atoms with E-state index in [-0.39, 0.29) is 23.6 Å². The van der Waals surface area contributed by atoms with Crippen LogP contribution in [0.5, 0.6) is 11.5 Å². The number of esters is 1. The van der Waals surface area contributed by atoms with Gasteiger partial charge in [-0.2, -0.15) is 0 Å². The molecule has 3 aliphatic rings. The van der Waals surface area contributed by atoms with Crippen molar-refractivity contribution in [3.63, 3.8) is 0 Å². The summed E-state index contributed by atoms with van der Waals surface area (Å²) in [4.78, 5) is 19.2. The molecule has 6 nitrogen and oxygen atoms in total. The standard InChI is InChI=1S/C22H24N2O4S/c1-3-26-16-5-4-14-12-24(2)9-8-22-7-6-15(10-18(22)28-20(16)19(14)22)27-21(25)17-11-23-13-29-17/h4-7,11,13,15,18H,3,8-10,12H2,1-2H3. The molecule has 0 fully saturated rings. The Balaban J connectivity index is 1.49. The molecule has 1 spiro atoms. The van der Waals surface area contributed by atoms with Crippen LogP contribution in [0.2, 0.25) is 0 Å². The van der Waals surface area contributed by atoms with Gasteiger partial charge in [-0.25, -0.2) is 4.79 Å². The molecule has 0 saturated carbocycles. The van der Waals surface area contributed by atoms with Crippen LogP contribution in [0.15, 0.2) is 36.0 Å². The molecule has 152 valence electrons. The number of carbonyl (C=O) groups is 1. The Kier molecular flexibility index (Phi) is 4.59. The monoisotopic (exact) mass is 412 g/mol. The van der Waals surface area contributed by atoms with E-state index >= 15 is 0 Å². The van der Waals surface area contributed by atoms with Crippen LogP contribution in [0.3, 0.4) is 0 Å². The zero-order valence-corrected chi connectivity index (χ0v) is 17.4. The van der Waals surface area contributed by atoms with Crippen LogP contribution in [-0.4, -0.2) is 48.3 Å². The molecule has 0 bridgehead atoms. The maximum absolute atomic E-state index is 12.4. The van der Waals surface area contributed by atoms with E-state index < -0.39 is 0 Å². The van der Waals surface area contributed by atoms with Gasteiger partial charge in [0.1, 0.15) is 17.1 Å². The van der Waals surface area contributed by atoms with Crippen LogP contribution in [0.25, 0.3) is 0 Å². The van der Waals surface area contributed by atoms with Gasteiger partial charge < -0.3 is 19.1 Å². The second-order valence-electron chi connectivity index (χ2n) is 7.90. The van der Waals surface area contributed by atoms with E-state index in [0.29, 0.717) is 17.9 Å². The maximum atomic E-state index is 12.4. The topological polar surface area (TPSA) is 60.9 Å². The SMILES string of the molecule is CCOc1ccc2c3c1OC1CC(OC(=O)c4cncs4)C=CC31CCN(C)C2. The van der Waals surface area contributed by atoms with Crippen LogP contribution >= 0.6 is 11.3 Å². The van der Waals surface area contributed by atoms with Crippen molar-refractivity contribution in [3.8, 4) is 11.5 Å². The predicted molar refractivity (Wildman–Crippen MR) is 110 cm³/mol. The van der Waals surface area contributed by atoms with E-state index in [2.05, 4.69) is 29.1 Å². The number of hydrogen-bond acceptors (Lipinski definition) is 7. The first-order valence-corrected chi connectivity index (χ1v) is 10.9. The van der Waals surface area contributed by atoms with Crippen molar-refractivity contribution in [2.45, 2.75) is 43.9 Å². The molecule has 0 radical (unpaired) electrons. The lowest BCUT2D eigenvalue weighted by atomic mass is 9.69. The second-order valence-corrected chi connectivity index (χ2v) is 8.79. The average Bonchev–Trinajstić information content (AvgIpc) is 3.32. The van der Waals surface area contributed by atoms with Crippen LogP contribution in [0.1, 0.15) is 40.6 Å². The average molecular weight is 413 g/mol. The highest BCUT2D eigenvalue weighted by molar-refractivity contribution is 7.11. The lowest BCUT2D eigenvalue weighted by Crippen LogP contribution is -2.43. The summed E-state index contributed by atoms with van der Waals surface area (Å²) >= 11 is 1.29. The van der Waals surface area contributed by atoms with Gasteiger partial charge in [-0.15, -0.1) is 11.3 Å². The molecule has 7 heteroatoms. The lowest BCUT2D eigenvalue weighted by molar-refractivity contribution is 0.0222. The second kappa shape index (κ2) is 7.15. The number of hydrogen-bond donors (Lipinski definition) is 0. The number of carbonyl (C=O) groups excluding carboxylic acids is 1. The number of thiazole rings is 1. The molecule has 1 aromatic carbocycles. The van der Waals surface area contributed by atoms with Crippen molar-refractivity contribution >= 4 is 17.3 Å². The number of benzene rings is 1. The molecule has 2 aliphatic heterocycles. The molecular weight excluding hydrogens is 388 g/mol. The van der Waals surface area contributed by atoms with E-state index in [1.165, 1.54) is 22.5 Å². The fourth-order valence-corrected chi connectivity index (χ4v) is 5.27. The smallest absolute Gasteiger partial charge is 0.350 e. The minimum atomic E-state index is -0.329. The molecule has 0 N–H and O–H groups in total. The Morgan fingerprint density at radius 2 is 2.34 bits per heavy atom. The van der Waals surface area contributed by atoms with Crippen LogP contribution < -0.4 is 9.47 Å². The highest BCUT2D eigenvalue weighted by Crippen LogP contribution is 2.55. The number of nitrogens with zero attached hydrogens (tertiary/aromatic N) is 2. The van der Waals surface area contributed by atoms with E-state index in [4.69, 9.17) is 14.2 Å². The van der Waals surface area contributed by atoms with Gasteiger partial charge in [0.2, 0.25) is 0 Å². The van der Waals surface area contributed by atoms with Crippen molar-refractivity contribution in [2.24, 2.45) is 0 Å². The Hall–Kier alpha value is -2.38. The van der Waals surface area contributed by atoms with E-state index in [9.17, 15) is 4.79 Å². The molecule has 2 aromatic rings. The fraction of sp³-hybridized carbons (Fsp3) is 0.455. The quantitative estimate of drug-likeness (QED) is 0.565. The first kappa shape index (κ1) is 18.6. The predicted octanol–water partition coefficient (Wildman–Crippen LogP) is 3.56. The van der Waals surface area contributed by atoms with Crippen LogP contribution in [0, 0.1) is 0 Å². The molecule has 3 atom stereocenters. The van der Waals surface area contributed by atoms with Gasteiger partial charge in [0.15, 0.2) is 11.5 Å². The van der Waals surface area contributed by atoms with E-state index in [1.807, 2.05) is 19.1 Å². The lowest BCUT2D eigenvalue weighted by Gasteiger charge is -2.36. The Morgan fingerprint density at radius 1 is 1.45 bits per heavy atom. The Morgan fingerprint density at radius 3 is 3.14 bits per heavy atom. The zero-order chi connectivity index (χ0) is 20.0. The largest absolute Gasteiger partial charge is 0.490 e. The third-order valence-electron chi connectivity index (χ3n) is 6.10. The van der Waals surface area contributed by atoms with Crippen molar-refractivity contribution < 1.29 is 19.0 Å². The molecule has 0 saturated heterocycles. The highest BCUT2D eigenvalue weighted by atomic mass is 32.1. The number of rotatable bonds is 4. The first-order valence-electron chi connectivity index (χ1n) is 10.0. The molecule has 5 rings (SSSR count). The van der Waals surface area contributed by atoms with Gasteiger partial charge in [0.25, 0.3) is 0 Å². The summed E-state index contributed by atoms with van der Waals surface area (Å²) in [7, 11) is 2.16. The summed E-state index contributed by atoms with van der Waals surface area (Å²) in [5, 5.41) is 0. The summed E-state index contributed by atoms with van der Waals surface area (Å²) in [6.45, 7) is 4.45. The van der Waals surface area contributed by atoms with E-state index in [1.54, 1.807) is 11.7 Å². The minimum absolute atomic E-state index is 0.0754. The molecular formula is C22H24N2O4S. The van der Waals surface area contributed by atoms with Crippen molar-refractivity contribution in [1.29, 1.82) is 0 Å². The van der Waals surface area contributed by atoms with Crippen molar-refractivity contribution in [1.82, 2.24) is 9.88 Å². The maximum Gasteiger partial charge on any atom is 0.350 e. The first-order chi connectivity index (χ1) is 14.1. The number of ether oxygens (including phenoxy) is 3. The fourth-order valence-electron chi connectivity index (χ4n) is 4.77. The van der Waals surface area contributed by atoms with Crippen LogP contribution in [0.4, 0.5) is 0 Å². The number of aromatic nitrogens is 1. The Bertz CT molecular complexity index is 958. The summed E-state index contributed by atoms with van der Waals surface area (Å²) in [5.74, 6) is 1.34. The molecule has 1 aliphatic carbocycles. The van der Waals surface area contributed by atoms with Crippen molar-refractivity contribution in [3.05, 3.63) is 52.0 Å². The van der Waals surface area contributed by atoms with Gasteiger partial charge in [-0.1, -0.05) is 12.1 Å². The third kappa shape index (κ3) is 3.04. The highest BCUT2D eigenvalue weighted by Gasteiger charge is 2.53. The molecule has 3 unspecified atom stereocenters. The van der Waals surface area contributed by atoms with Crippen LogP contribution in [-0.2, 0) is 16.7 Å². The van der Waals surface area contributed by atoms with Gasteiger partial charge >= 0.3 is 5.97 Å². The van der Waals surface area contributed by atoms with Gasteiger partial charge in [-0.3, -0.25) is 4.98 Å². The summed E-state index contributed by atoms with van der Waals surface area (Å²) in [6, 6.07) is 4.19. The molecule has 29 heavy (non-hydrogen) atoms. The minimum Gasteiger partial charge on any atom is -0.490 e. The molecule has 0 amide bonds. The van der Waals surface area contributed by atoms with Crippen molar-refractivity contribution in [2.75, 3.05) is 20.2 Å². The zero-order valence-electron chi connectivity index (χ0n) is 16.6. The summed E-state index contributed by atoms with van der Waals surface area (Å²) < 4.78 is 18.1. The normalized spacial score (nSPS) is 27.5.